The smallest absolute Gasteiger partial charge is 0.350 e. The van der Waals surface area contributed by atoms with Crippen molar-refractivity contribution in [1.82, 2.24) is 5.32 Å². The van der Waals surface area contributed by atoms with Crippen molar-refractivity contribution in [3.8, 4) is 0 Å². The van der Waals surface area contributed by atoms with Gasteiger partial charge in [-0.1, -0.05) is 0 Å². The van der Waals surface area contributed by atoms with E-state index in [9.17, 15) is 14.4 Å². The highest BCUT2D eigenvalue weighted by Crippen LogP contribution is 2.24. The second-order valence-corrected chi connectivity index (χ2v) is 4.38. The van der Waals surface area contributed by atoms with E-state index >= 15 is 0 Å². The van der Waals surface area contributed by atoms with Crippen molar-refractivity contribution in [1.29, 1.82) is 0 Å². The number of carbonyl (C=O) groups excluding carboxylic acids is 3. The van der Waals surface area contributed by atoms with Gasteiger partial charge >= 0.3 is 5.97 Å². The highest BCUT2D eigenvalue weighted by molar-refractivity contribution is 7.12. The number of ether oxygens (including phenoxy) is 1. The van der Waals surface area contributed by atoms with Crippen molar-refractivity contribution >= 4 is 34.8 Å². The molecule has 0 spiro atoms. The Morgan fingerprint density at radius 1 is 1.59 bits per heavy atom. The molecule has 1 saturated heterocycles. The van der Waals surface area contributed by atoms with E-state index in [1.165, 1.54) is 18.4 Å². The van der Waals surface area contributed by atoms with Gasteiger partial charge in [0.2, 0.25) is 11.8 Å². The normalized spacial score (nSPS) is 19.0. The van der Waals surface area contributed by atoms with Crippen LogP contribution in [0.3, 0.4) is 0 Å². The highest BCUT2D eigenvalue weighted by Gasteiger charge is 2.31. The third-order valence-corrected chi connectivity index (χ3v) is 3.23. The number of amides is 2. The number of imide groups is 1. The Balaban J connectivity index is 2.14. The third-order valence-electron chi connectivity index (χ3n) is 2.33. The summed E-state index contributed by atoms with van der Waals surface area (Å²) in [6.45, 7) is 0. The molecule has 1 fully saturated rings. The molecular weight excluding hydrogens is 244 g/mol. The number of rotatable bonds is 3. The molecule has 7 heteroatoms. The summed E-state index contributed by atoms with van der Waals surface area (Å²) in [5, 5.41) is 6.76. The monoisotopic (exact) mass is 254 g/mol. The van der Waals surface area contributed by atoms with Crippen molar-refractivity contribution in [2.45, 2.75) is 12.5 Å². The van der Waals surface area contributed by atoms with Gasteiger partial charge in [0.1, 0.15) is 10.9 Å². The number of nitrogens with one attached hydrogen (secondary N) is 2. The molecule has 0 bridgehead atoms. The van der Waals surface area contributed by atoms with Crippen molar-refractivity contribution in [3.63, 3.8) is 0 Å². The van der Waals surface area contributed by atoms with Crippen LogP contribution in [0.15, 0.2) is 11.4 Å². The molecule has 2 amide bonds. The van der Waals surface area contributed by atoms with E-state index in [0.29, 0.717) is 10.6 Å². The first kappa shape index (κ1) is 11.6. The van der Waals surface area contributed by atoms with Gasteiger partial charge in [-0.2, -0.15) is 0 Å². The summed E-state index contributed by atoms with van der Waals surface area (Å²) in [7, 11) is 1.29. The molecule has 1 aliphatic heterocycles. The van der Waals surface area contributed by atoms with Crippen molar-refractivity contribution in [3.05, 3.63) is 16.3 Å². The third kappa shape index (κ3) is 2.28. The summed E-state index contributed by atoms with van der Waals surface area (Å²) >= 11 is 1.21. The van der Waals surface area contributed by atoms with E-state index in [1.807, 2.05) is 0 Å². The molecule has 1 aliphatic rings. The van der Waals surface area contributed by atoms with E-state index in [1.54, 1.807) is 11.4 Å². The minimum absolute atomic E-state index is 0.0787. The summed E-state index contributed by atoms with van der Waals surface area (Å²) in [5.41, 5.74) is 0.511. The van der Waals surface area contributed by atoms with E-state index in [2.05, 4.69) is 15.4 Å². The topological polar surface area (TPSA) is 84.5 Å². The molecule has 0 aromatic carbocycles. The number of esters is 1. The molecule has 0 radical (unpaired) electrons. The van der Waals surface area contributed by atoms with Crippen molar-refractivity contribution in [2.75, 3.05) is 12.4 Å². The molecule has 6 nitrogen and oxygen atoms in total. The molecule has 1 aromatic heterocycles. The summed E-state index contributed by atoms with van der Waals surface area (Å²) in [5.74, 6) is -1.16. The highest BCUT2D eigenvalue weighted by atomic mass is 32.1. The first-order valence-corrected chi connectivity index (χ1v) is 5.76. The van der Waals surface area contributed by atoms with Crippen LogP contribution in [0, 0.1) is 0 Å². The van der Waals surface area contributed by atoms with Crippen LogP contribution >= 0.6 is 11.3 Å². The van der Waals surface area contributed by atoms with Crippen molar-refractivity contribution in [2.24, 2.45) is 0 Å². The van der Waals surface area contributed by atoms with Crippen molar-refractivity contribution < 1.29 is 19.1 Å². The lowest BCUT2D eigenvalue weighted by Gasteiger charge is -2.10. The van der Waals surface area contributed by atoms with Crippen LogP contribution in [0.2, 0.25) is 0 Å². The van der Waals surface area contributed by atoms with Gasteiger partial charge in [0.25, 0.3) is 0 Å². The maximum absolute atomic E-state index is 11.4. The van der Waals surface area contributed by atoms with Gasteiger partial charge in [0, 0.05) is 0 Å². The predicted octanol–water partition coefficient (Wildman–Crippen LogP) is 0.362. The van der Waals surface area contributed by atoms with E-state index in [-0.39, 0.29) is 18.2 Å². The number of anilines is 1. The molecule has 1 atom stereocenters. The first-order chi connectivity index (χ1) is 8.11. The lowest BCUT2D eigenvalue weighted by atomic mass is 10.2. The molecule has 17 heavy (non-hydrogen) atoms. The molecule has 90 valence electrons. The summed E-state index contributed by atoms with van der Waals surface area (Å²) in [6.07, 6.45) is 0.0787. The number of thiophene rings is 1. The Morgan fingerprint density at radius 2 is 2.35 bits per heavy atom. The van der Waals surface area contributed by atoms with Crippen LogP contribution in [0.5, 0.6) is 0 Å². The number of methoxy groups -OCH3 is 1. The fourth-order valence-electron chi connectivity index (χ4n) is 1.53. The Kier molecular flexibility index (Phi) is 3.10. The lowest BCUT2D eigenvalue weighted by Crippen LogP contribution is -2.30. The van der Waals surface area contributed by atoms with Gasteiger partial charge in [0.15, 0.2) is 0 Å². The lowest BCUT2D eigenvalue weighted by molar-refractivity contribution is -0.124. The van der Waals surface area contributed by atoms with E-state index in [4.69, 9.17) is 0 Å². The number of carbonyl (C=O) groups is 3. The van der Waals surface area contributed by atoms with E-state index < -0.39 is 12.0 Å². The van der Waals surface area contributed by atoms with Gasteiger partial charge < -0.3 is 10.1 Å². The average Bonchev–Trinajstić information content (AvgIpc) is 2.86. The molecule has 1 unspecified atom stereocenters. The summed E-state index contributed by atoms with van der Waals surface area (Å²) in [4.78, 5) is 34.1. The Morgan fingerprint density at radius 3 is 2.94 bits per heavy atom. The zero-order chi connectivity index (χ0) is 12.4. The van der Waals surface area contributed by atoms with Gasteiger partial charge in [-0.05, 0) is 11.4 Å². The van der Waals surface area contributed by atoms with Crippen LogP contribution in [0.25, 0.3) is 0 Å². The quantitative estimate of drug-likeness (QED) is 0.601. The van der Waals surface area contributed by atoms with Crippen LogP contribution in [0.4, 0.5) is 5.69 Å². The average molecular weight is 254 g/mol. The molecule has 1 aromatic rings. The number of hydrogen-bond acceptors (Lipinski definition) is 6. The van der Waals surface area contributed by atoms with Gasteiger partial charge in [-0.15, -0.1) is 11.3 Å². The minimum Gasteiger partial charge on any atom is -0.465 e. The summed E-state index contributed by atoms with van der Waals surface area (Å²) < 4.78 is 4.61. The van der Waals surface area contributed by atoms with Gasteiger partial charge in [-0.3, -0.25) is 14.9 Å². The summed E-state index contributed by atoms with van der Waals surface area (Å²) in [6, 6.07) is 1.05. The largest absolute Gasteiger partial charge is 0.465 e. The Bertz CT molecular complexity index is 482. The second kappa shape index (κ2) is 4.54. The predicted molar refractivity (Wildman–Crippen MR) is 60.8 cm³/mol. The maximum atomic E-state index is 11.4. The fraction of sp³-hybridized carbons (Fsp3) is 0.300. The number of hydrogen-bond donors (Lipinski definition) is 2. The first-order valence-electron chi connectivity index (χ1n) is 4.88. The fourth-order valence-corrected chi connectivity index (χ4v) is 2.31. The Hall–Kier alpha value is -1.89. The van der Waals surface area contributed by atoms with Gasteiger partial charge in [-0.25, -0.2) is 4.79 Å². The van der Waals surface area contributed by atoms with Crippen LogP contribution in [-0.2, 0) is 14.3 Å². The SMILES string of the molecule is COC(=O)c1sccc1NC1CC(=O)NC1=O. The van der Waals surface area contributed by atoms with Crippen LogP contribution in [0.1, 0.15) is 16.1 Å². The molecule has 2 N–H and O–H groups in total. The minimum atomic E-state index is -0.625. The second-order valence-electron chi connectivity index (χ2n) is 3.47. The molecular formula is C10H10N2O4S. The Labute approximate surface area is 101 Å². The van der Waals surface area contributed by atoms with E-state index in [0.717, 1.165) is 0 Å². The molecule has 0 saturated carbocycles. The van der Waals surface area contributed by atoms with Crippen LogP contribution in [-0.4, -0.2) is 30.9 Å². The zero-order valence-corrected chi connectivity index (χ0v) is 9.80. The molecule has 2 rings (SSSR count). The maximum Gasteiger partial charge on any atom is 0.350 e. The zero-order valence-electron chi connectivity index (χ0n) is 8.98. The van der Waals surface area contributed by atoms with Crippen LogP contribution < -0.4 is 10.6 Å². The van der Waals surface area contributed by atoms with Gasteiger partial charge in [0.05, 0.1) is 19.2 Å². The molecule has 2 heterocycles. The standard InChI is InChI=1S/C10H10N2O4S/c1-16-10(15)8-5(2-3-17-8)11-6-4-7(13)12-9(6)14/h2-3,6,11H,4H2,1H3,(H,12,13,14). The molecule has 0 aliphatic carbocycles.